The highest BCUT2D eigenvalue weighted by Gasteiger charge is 2.21. The second-order valence-corrected chi connectivity index (χ2v) is 5.20. The Morgan fingerprint density at radius 3 is 2.50 bits per heavy atom. The maximum absolute atomic E-state index is 3.58. The quantitative estimate of drug-likeness (QED) is 0.588. The molecule has 16 heavy (non-hydrogen) atoms. The van der Waals surface area contributed by atoms with Gasteiger partial charge in [0.2, 0.25) is 0 Å². The lowest BCUT2D eigenvalue weighted by Crippen LogP contribution is -2.40. The summed E-state index contributed by atoms with van der Waals surface area (Å²) in [6, 6.07) is 8.59. The number of likely N-dealkylation sites (N-methyl/N-ethyl adjacent to an activating group) is 1. The Balaban J connectivity index is 2.79. The van der Waals surface area contributed by atoms with Crippen LogP contribution in [0, 0.1) is 0 Å². The predicted molar refractivity (Wildman–Crippen MR) is 73.2 cm³/mol. The molecule has 1 aromatic rings. The molecule has 0 aliphatic carbocycles. The van der Waals surface area contributed by atoms with E-state index in [4.69, 9.17) is 0 Å². The normalized spacial score (nSPS) is 11.8. The van der Waals surface area contributed by atoms with Crippen LogP contribution in [0.4, 0.5) is 0 Å². The first-order chi connectivity index (χ1) is 7.61. The van der Waals surface area contributed by atoms with Gasteiger partial charge in [0.1, 0.15) is 0 Å². The van der Waals surface area contributed by atoms with Crippen molar-refractivity contribution in [2.45, 2.75) is 24.3 Å². The Morgan fingerprint density at radius 2 is 1.88 bits per heavy atom. The lowest BCUT2D eigenvalue weighted by Gasteiger charge is -2.29. The maximum Gasteiger partial charge on any atom is 0.0389 e. The molecule has 90 valence electrons. The molecule has 2 nitrogen and oxygen atoms in total. The number of benzene rings is 1. The van der Waals surface area contributed by atoms with Crippen molar-refractivity contribution in [1.82, 2.24) is 10.6 Å². The smallest absolute Gasteiger partial charge is 0.0389 e. The molecule has 0 radical (unpaired) electrons. The van der Waals surface area contributed by atoms with Gasteiger partial charge in [-0.2, -0.15) is 0 Å². The molecular formula is C13H22N2S. The van der Waals surface area contributed by atoms with Gasteiger partial charge in [-0.25, -0.2) is 0 Å². The van der Waals surface area contributed by atoms with E-state index in [0.29, 0.717) is 0 Å². The fourth-order valence-corrected chi connectivity index (χ4v) is 2.51. The van der Waals surface area contributed by atoms with Gasteiger partial charge >= 0.3 is 0 Å². The lowest BCUT2D eigenvalue weighted by molar-refractivity contribution is 0.397. The third kappa shape index (κ3) is 3.51. The first-order valence-corrected chi connectivity index (χ1v) is 6.87. The Kier molecular flexibility index (Phi) is 5.32. The van der Waals surface area contributed by atoms with Crippen molar-refractivity contribution in [3.8, 4) is 0 Å². The van der Waals surface area contributed by atoms with Crippen LogP contribution >= 0.6 is 11.8 Å². The lowest BCUT2D eigenvalue weighted by atomic mass is 9.94. The molecule has 1 aromatic carbocycles. The van der Waals surface area contributed by atoms with E-state index < -0.39 is 0 Å². The highest BCUT2D eigenvalue weighted by molar-refractivity contribution is 7.98. The molecule has 0 amide bonds. The van der Waals surface area contributed by atoms with Crippen LogP contribution in [-0.2, 0) is 5.54 Å². The molecule has 0 saturated carbocycles. The van der Waals surface area contributed by atoms with E-state index >= 15 is 0 Å². The number of thioether (sulfide) groups is 1. The first-order valence-electron chi connectivity index (χ1n) is 5.65. The van der Waals surface area contributed by atoms with Crippen molar-refractivity contribution in [2.75, 3.05) is 26.4 Å². The van der Waals surface area contributed by atoms with Crippen molar-refractivity contribution >= 4 is 11.8 Å². The number of hydrogen-bond acceptors (Lipinski definition) is 3. The molecule has 0 heterocycles. The predicted octanol–water partition coefficient (Wildman–Crippen LogP) is 2.45. The van der Waals surface area contributed by atoms with Crippen LogP contribution in [0.2, 0.25) is 0 Å². The molecular weight excluding hydrogens is 216 g/mol. The third-order valence-electron chi connectivity index (χ3n) is 2.72. The maximum atomic E-state index is 3.58. The van der Waals surface area contributed by atoms with Crippen LogP contribution in [-0.4, -0.2) is 26.4 Å². The van der Waals surface area contributed by atoms with Gasteiger partial charge in [-0.3, -0.25) is 0 Å². The molecule has 0 aromatic heterocycles. The van der Waals surface area contributed by atoms with E-state index in [9.17, 15) is 0 Å². The standard InChI is InChI=1S/C13H22N2S/c1-13(2,15-10-9-14-3)11-7-5-6-8-12(11)16-4/h5-8,14-15H,9-10H2,1-4H3. The van der Waals surface area contributed by atoms with E-state index in [1.165, 1.54) is 10.5 Å². The molecule has 0 unspecified atom stereocenters. The number of hydrogen-bond donors (Lipinski definition) is 2. The first kappa shape index (κ1) is 13.6. The van der Waals surface area contributed by atoms with Crippen molar-refractivity contribution in [3.63, 3.8) is 0 Å². The molecule has 0 aliphatic rings. The summed E-state index contributed by atoms with van der Waals surface area (Å²) in [5.41, 5.74) is 1.40. The largest absolute Gasteiger partial charge is 0.318 e. The number of rotatable bonds is 6. The average Bonchev–Trinajstić information content (AvgIpc) is 2.29. The summed E-state index contributed by atoms with van der Waals surface area (Å²) in [6.45, 7) is 6.44. The number of nitrogens with one attached hydrogen (secondary N) is 2. The SMILES string of the molecule is CNCCNC(C)(C)c1ccccc1SC. The molecule has 2 N–H and O–H groups in total. The van der Waals surface area contributed by atoms with Gasteiger partial charge in [0.25, 0.3) is 0 Å². The minimum Gasteiger partial charge on any atom is -0.318 e. The molecule has 0 fully saturated rings. The zero-order valence-corrected chi connectivity index (χ0v) is 11.4. The molecule has 0 spiro atoms. The zero-order valence-electron chi connectivity index (χ0n) is 10.6. The summed E-state index contributed by atoms with van der Waals surface area (Å²) < 4.78 is 0. The minimum absolute atomic E-state index is 0.0243. The van der Waals surface area contributed by atoms with Gasteiger partial charge < -0.3 is 10.6 Å². The van der Waals surface area contributed by atoms with Gasteiger partial charge in [-0.05, 0) is 38.8 Å². The summed E-state index contributed by atoms with van der Waals surface area (Å²) in [4.78, 5) is 1.35. The monoisotopic (exact) mass is 238 g/mol. The molecule has 0 bridgehead atoms. The van der Waals surface area contributed by atoms with Gasteiger partial charge in [-0.15, -0.1) is 11.8 Å². The topological polar surface area (TPSA) is 24.1 Å². The second kappa shape index (κ2) is 6.28. The molecule has 3 heteroatoms. The average molecular weight is 238 g/mol. The third-order valence-corrected chi connectivity index (χ3v) is 3.52. The van der Waals surface area contributed by atoms with Crippen molar-refractivity contribution in [2.24, 2.45) is 0 Å². The van der Waals surface area contributed by atoms with E-state index in [2.05, 4.69) is 55.0 Å². The molecule has 0 saturated heterocycles. The van der Waals surface area contributed by atoms with E-state index in [0.717, 1.165) is 13.1 Å². The van der Waals surface area contributed by atoms with Crippen molar-refractivity contribution in [3.05, 3.63) is 29.8 Å². The summed E-state index contributed by atoms with van der Waals surface area (Å²) in [5.74, 6) is 0. The van der Waals surface area contributed by atoms with Crippen LogP contribution in [0.3, 0.4) is 0 Å². The van der Waals surface area contributed by atoms with Crippen LogP contribution < -0.4 is 10.6 Å². The second-order valence-electron chi connectivity index (χ2n) is 4.36. The molecule has 1 rings (SSSR count). The highest BCUT2D eigenvalue weighted by Crippen LogP contribution is 2.29. The fraction of sp³-hybridized carbons (Fsp3) is 0.538. The molecule has 0 atom stereocenters. The Hall–Kier alpha value is -0.510. The van der Waals surface area contributed by atoms with Crippen LogP contribution in [0.25, 0.3) is 0 Å². The Labute approximate surface area is 103 Å². The van der Waals surface area contributed by atoms with Crippen LogP contribution in [0.15, 0.2) is 29.2 Å². The zero-order chi connectivity index (χ0) is 12.0. The summed E-state index contributed by atoms with van der Waals surface area (Å²) in [7, 11) is 1.98. The minimum atomic E-state index is 0.0243. The van der Waals surface area contributed by atoms with E-state index in [-0.39, 0.29) is 5.54 Å². The van der Waals surface area contributed by atoms with Crippen LogP contribution in [0.5, 0.6) is 0 Å². The van der Waals surface area contributed by atoms with Gasteiger partial charge in [0.05, 0.1) is 0 Å². The Morgan fingerprint density at radius 1 is 1.19 bits per heavy atom. The highest BCUT2D eigenvalue weighted by atomic mass is 32.2. The van der Waals surface area contributed by atoms with Gasteiger partial charge in [-0.1, -0.05) is 18.2 Å². The fourth-order valence-electron chi connectivity index (χ4n) is 1.76. The summed E-state index contributed by atoms with van der Waals surface area (Å²) in [5, 5.41) is 6.73. The van der Waals surface area contributed by atoms with E-state index in [1.54, 1.807) is 11.8 Å². The van der Waals surface area contributed by atoms with Gasteiger partial charge in [0.15, 0.2) is 0 Å². The van der Waals surface area contributed by atoms with Gasteiger partial charge in [0, 0.05) is 23.5 Å². The van der Waals surface area contributed by atoms with Crippen LogP contribution in [0.1, 0.15) is 19.4 Å². The summed E-state index contributed by atoms with van der Waals surface area (Å²) >= 11 is 1.81. The molecule has 0 aliphatic heterocycles. The van der Waals surface area contributed by atoms with E-state index in [1.807, 2.05) is 7.05 Å². The van der Waals surface area contributed by atoms with Crippen molar-refractivity contribution in [1.29, 1.82) is 0 Å². The summed E-state index contributed by atoms with van der Waals surface area (Å²) in [6.07, 6.45) is 2.13. The van der Waals surface area contributed by atoms with Crippen molar-refractivity contribution < 1.29 is 0 Å². The Bertz CT molecular complexity index is 323.